The minimum Gasteiger partial charge on any atom is -0.480 e. The molecule has 0 aliphatic heterocycles. The Morgan fingerprint density at radius 3 is 2.32 bits per heavy atom. The summed E-state index contributed by atoms with van der Waals surface area (Å²) in [6, 6.07) is 25.3. The first-order chi connectivity index (χ1) is 17.9. The van der Waals surface area contributed by atoms with Crippen LogP contribution in [0, 0.1) is 0 Å². The maximum Gasteiger partial charge on any atom is 0.326 e. The van der Waals surface area contributed by atoms with Gasteiger partial charge in [0.2, 0.25) is 0 Å². The lowest BCUT2D eigenvalue weighted by molar-refractivity contribution is -0.142. The SMILES string of the molecule is O=C(O)C(Cc1ccccc1)N(Cc1ccc(-c2cc3ccccc3o2)o1)C(=O)c1ccc(Cl)cc1Cl. The Balaban J connectivity index is 1.50. The lowest BCUT2D eigenvalue weighted by Gasteiger charge is -2.29. The standard InChI is InChI=1S/C29H21Cl2NO5/c30-20-10-12-22(23(31)16-20)28(33)32(24(29(34)35)14-18-6-2-1-3-7-18)17-21-11-13-26(36-21)27-15-19-8-4-5-9-25(19)37-27/h1-13,15-16,24H,14,17H2,(H,34,35). The minimum atomic E-state index is -1.18. The summed E-state index contributed by atoms with van der Waals surface area (Å²) >= 11 is 12.3. The molecule has 1 unspecified atom stereocenters. The predicted molar refractivity (Wildman–Crippen MR) is 142 cm³/mol. The van der Waals surface area contributed by atoms with Crippen LogP contribution in [0.2, 0.25) is 10.0 Å². The molecular formula is C29H21Cl2NO5. The number of halogens is 2. The summed E-state index contributed by atoms with van der Waals surface area (Å²) in [5.41, 5.74) is 1.64. The number of hydrogen-bond donors (Lipinski definition) is 1. The van der Waals surface area contributed by atoms with Gasteiger partial charge in [-0.15, -0.1) is 0 Å². The molecule has 1 atom stereocenters. The number of hydrogen-bond acceptors (Lipinski definition) is 4. The topological polar surface area (TPSA) is 83.9 Å². The summed E-state index contributed by atoms with van der Waals surface area (Å²) in [4.78, 5) is 27.4. The maximum atomic E-state index is 13.7. The fourth-order valence-electron chi connectivity index (χ4n) is 4.18. The zero-order valence-electron chi connectivity index (χ0n) is 19.4. The number of aliphatic carboxylic acids is 1. The molecule has 2 heterocycles. The van der Waals surface area contributed by atoms with Crippen molar-refractivity contribution in [2.24, 2.45) is 0 Å². The van der Waals surface area contributed by atoms with Gasteiger partial charge in [0.05, 0.1) is 17.1 Å². The van der Waals surface area contributed by atoms with E-state index in [0.717, 1.165) is 16.5 Å². The van der Waals surface area contributed by atoms with Crippen molar-refractivity contribution in [2.45, 2.75) is 19.0 Å². The van der Waals surface area contributed by atoms with Gasteiger partial charge in [-0.1, -0.05) is 71.7 Å². The summed E-state index contributed by atoms with van der Waals surface area (Å²) in [6.07, 6.45) is 0.101. The zero-order valence-corrected chi connectivity index (χ0v) is 20.9. The molecule has 8 heteroatoms. The number of para-hydroxylation sites is 1. The molecule has 0 saturated carbocycles. The van der Waals surface area contributed by atoms with E-state index in [4.69, 9.17) is 32.0 Å². The summed E-state index contributed by atoms with van der Waals surface area (Å²) in [7, 11) is 0. The third kappa shape index (κ3) is 5.40. The highest BCUT2D eigenvalue weighted by Crippen LogP contribution is 2.30. The fraction of sp³-hybridized carbons (Fsp3) is 0.103. The highest BCUT2D eigenvalue weighted by molar-refractivity contribution is 6.36. The largest absolute Gasteiger partial charge is 0.480 e. The molecule has 2 aromatic heterocycles. The summed E-state index contributed by atoms with van der Waals surface area (Å²) in [5.74, 6) is -0.297. The van der Waals surface area contributed by atoms with Crippen LogP contribution in [0.4, 0.5) is 0 Å². The Morgan fingerprint density at radius 1 is 0.838 bits per heavy atom. The second-order valence-electron chi connectivity index (χ2n) is 8.52. The highest BCUT2D eigenvalue weighted by atomic mass is 35.5. The number of furan rings is 2. The normalized spacial score (nSPS) is 11.9. The van der Waals surface area contributed by atoms with Gasteiger partial charge in [-0.25, -0.2) is 4.79 Å². The van der Waals surface area contributed by atoms with Gasteiger partial charge in [-0.3, -0.25) is 4.79 Å². The van der Waals surface area contributed by atoms with E-state index in [2.05, 4.69) is 0 Å². The predicted octanol–water partition coefficient (Wildman–Crippen LogP) is 7.34. The van der Waals surface area contributed by atoms with Gasteiger partial charge in [-0.05, 0) is 48.0 Å². The average Bonchev–Trinajstić information content (AvgIpc) is 3.53. The van der Waals surface area contributed by atoms with Crippen molar-refractivity contribution in [1.82, 2.24) is 4.90 Å². The molecule has 6 nitrogen and oxygen atoms in total. The molecule has 5 aromatic rings. The molecule has 0 aliphatic carbocycles. The van der Waals surface area contributed by atoms with E-state index in [0.29, 0.717) is 22.3 Å². The van der Waals surface area contributed by atoms with Crippen LogP contribution in [0.5, 0.6) is 0 Å². The molecule has 0 bridgehead atoms. The van der Waals surface area contributed by atoms with Crippen LogP contribution < -0.4 is 0 Å². The molecule has 0 fully saturated rings. The van der Waals surface area contributed by atoms with Gasteiger partial charge in [0.15, 0.2) is 11.5 Å². The number of carbonyl (C=O) groups excluding carboxylic acids is 1. The number of benzene rings is 3. The van der Waals surface area contributed by atoms with Crippen molar-refractivity contribution in [3.8, 4) is 11.5 Å². The molecular weight excluding hydrogens is 513 g/mol. The van der Waals surface area contributed by atoms with E-state index in [1.807, 2.05) is 60.7 Å². The Hall–Kier alpha value is -4.00. The fourth-order valence-corrected chi connectivity index (χ4v) is 4.67. The van der Waals surface area contributed by atoms with E-state index in [1.165, 1.54) is 17.0 Å². The Kier molecular flexibility index (Phi) is 7.04. The average molecular weight is 534 g/mol. The minimum absolute atomic E-state index is 0.0954. The molecule has 186 valence electrons. The second kappa shape index (κ2) is 10.5. The number of fused-ring (bicyclic) bond motifs is 1. The number of carboxylic acid groups (broad SMARTS) is 1. The zero-order chi connectivity index (χ0) is 25.9. The summed E-state index contributed by atoms with van der Waals surface area (Å²) in [5, 5.41) is 11.6. The summed E-state index contributed by atoms with van der Waals surface area (Å²) in [6.45, 7) is -0.0954. The molecule has 0 saturated heterocycles. The van der Waals surface area contributed by atoms with Gasteiger partial charge in [0, 0.05) is 16.8 Å². The van der Waals surface area contributed by atoms with Crippen LogP contribution >= 0.6 is 23.2 Å². The van der Waals surface area contributed by atoms with Crippen LogP contribution in [0.25, 0.3) is 22.5 Å². The van der Waals surface area contributed by atoms with Crippen LogP contribution in [0.3, 0.4) is 0 Å². The van der Waals surface area contributed by atoms with Crippen LogP contribution in [0.15, 0.2) is 99.8 Å². The van der Waals surface area contributed by atoms with Crippen molar-refractivity contribution < 1.29 is 23.5 Å². The van der Waals surface area contributed by atoms with Crippen LogP contribution in [-0.4, -0.2) is 27.9 Å². The van der Waals surface area contributed by atoms with Crippen molar-refractivity contribution in [2.75, 3.05) is 0 Å². The Bertz CT molecular complexity index is 1540. The van der Waals surface area contributed by atoms with Crippen LogP contribution in [-0.2, 0) is 17.8 Å². The molecule has 1 N–H and O–H groups in total. The van der Waals surface area contributed by atoms with E-state index < -0.39 is 17.9 Å². The number of nitrogens with zero attached hydrogens (tertiary/aromatic N) is 1. The molecule has 0 aliphatic rings. The summed E-state index contributed by atoms with van der Waals surface area (Å²) < 4.78 is 11.9. The Morgan fingerprint density at radius 2 is 1.59 bits per heavy atom. The van der Waals surface area contributed by atoms with E-state index in [1.54, 1.807) is 18.2 Å². The first kappa shape index (κ1) is 24.7. The van der Waals surface area contributed by atoms with Crippen molar-refractivity contribution in [3.05, 3.63) is 118 Å². The second-order valence-corrected chi connectivity index (χ2v) is 9.36. The third-order valence-electron chi connectivity index (χ3n) is 6.01. The lowest BCUT2D eigenvalue weighted by Crippen LogP contribution is -2.46. The highest BCUT2D eigenvalue weighted by Gasteiger charge is 2.32. The number of carboxylic acids is 1. The molecule has 37 heavy (non-hydrogen) atoms. The number of amides is 1. The Labute approximate surface area is 222 Å². The monoisotopic (exact) mass is 533 g/mol. The van der Waals surface area contributed by atoms with Gasteiger partial charge in [0.1, 0.15) is 17.4 Å². The van der Waals surface area contributed by atoms with Crippen molar-refractivity contribution in [3.63, 3.8) is 0 Å². The van der Waals surface area contributed by atoms with Gasteiger partial charge in [0.25, 0.3) is 5.91 Å². The van der Waals surface area contributed by atoms with Crippen molar-refractivity contribution >= 4 is 46.0 Å². The van der Waals surface area contributed by atoms with Gasteiger partial charge >= 0.3 is 5.97 Å². The van der Waals surface area contributed by atoms with E-state index in [9.17, 15) is 14.7 Å². The molecule has 1 amide bonds. The number of rotatable bonds is 8. The molecule has 3 aromatic carbocycles. The number of carbonyl (C=O) groups is 2. The first-order valence-electron chi connectivity index (χ1n) is 11.5. The molecule has 5 rings (SSSR count). The first-order valence-corrected chi connectivity index (χ1v) is 12.2. The third-order valence-corrected chi connectivity index (χ3v) is 6.56. The van der Waals surface area contributed by atoms with E-state index >= 15 is 0 Å². The molecule has 0 spiro atoms. The maximum absolute atomic E-state index is 13.7. The quantitative estimate of drug-likeness (QED) is 0.225. The smallest absolute Gasteiger partial charge is 0.326 e. The van der Waals surface area contributed by atoms with Crippen molar-refractivity contribution in [1.29, 1.82) is 0 Å². The van der Waals surface area contributed by atoms with Gasteiger partial charge < -0.3 is 18.8 Å². The van der Waals surface area contributed by atoms with E-state index in [-0.39, 0.29) is 23.6 Å². The van der Waals surface area contributed by atoms with Crippen LogP contribution in [0.1, 0.15) is 21.7 Å². The van der Waals surface area contributed by atoms with Gasteiger partial charge in [-0.2, -0.15) is 0 Å². The molecule has 0 radical (unpaired) electrons. The lowest BCUT2D eigenvalue weighted by atomic mass is 10.0.